The lowest BCUT2D eigenvalue weighted by atomic mass is 10.2. The Labute approximate surface area is 98.6 Å². The summed E-state index contributed by atoms with van der Waals surface area (Å²) in [6, 6.07) is 5.59. The summed E-state index contributed by atoms with van der Waals surface area (Å²) in [6.07, 6.45) is 3.32. The molecule has 0 saturated heterocycles. The van der Waals surface area contributed by atoms with E-state index in [1.54, 1.807) is 31.2 Å². The van der Waals surface area contributed by atoms with E-state index < -0.39 is 0 Å². The average molecular weight is 234 g/mol. The van der Waals surface area contributed by atoms with Crippen LogP contribution < -0.4 is 15.2 Å². The summed E-state index contributed by atoms with van der Waals surface area (Å²) in [4.78, 5) is 13.9. The van der Waals surface area contributed by atoms with Crippen molar-refractivity contribution in [3.8, 4) is 11.5 Å². The molecule has 2 rings (SSSR count). The molecule has 0 unspecified atom stereocenters. The van der Waals surface area contributed by atoms with Crippen LogP contribution in [0.4, 0.5) is 0 Å². The summed E-state index contributed by atoms with van der Waals surface area (Å²) in [6.45, 7) is 0.503. The van der Waals surface area contributed by atoms with Crippen LogP contribution in [0.5, 0.6) is 11.5 Å². The number of methoxy groups -OCH3 is 2. The van der Waals surface area contributed by atoms with Gasteiger partial charge in [-0.05, 0) is 17.7 Å². The summed E-state index contributed by atoms with van der Waals surface area (Å²) < 4.78 is 11.9. The van der Waals surface area contributed by atoms with Gasteiger partial charge in [0.1, 0.15) is 0 Å². The molecule has 5 heteroatoms. The fourth-order valence-corrected chi connectivity index (χ4v) is 1.65. The molecule has 0 bridgehead atoms. The zero-order valence-electron chi connectivity index (χ0n) is 9.77. The Morgan fingerprint density at radius 3 is 2.59 bits per heavy atom. The fourth-order valence-electron chi connectivity index (χ4n) is 1.65. The zero-order chi connectivity index (χ0) is 12.3. The zero-order valence-corrected chi connectivity index (χ0v) is 9.77. The molecule has 0 amide bonds. The van der Waals surface area contributed by atoms with Gasteiger partial charge < -0.3 is 14.5 Å². The van der Waals surface area contributed by atoms with E-state index in [1.807, 2.05) is 18.2 Å². The number of hydrogen-bond acceptors (Lipinski definition) is 3. The number of H-pyrrole nitrogens is 1. The van der Waals surface area contributed by atoms with Gasteiger partial charge in [0, 0.05) is 12.4 Å². The Bertz CT molecular complexity index is 557. The van der Waals surface area contributed by atoms with Crippen molar-refractivity contribution in [2.45, 2.75) is 6.54 Å². The van der Waals surface area contributed by atoms with Crippen LogP contribution in [0.2, 0.25) is 0 Å². The summed E-state index contributed by atoms with van der Waals surface area (Å²) in [5.41, 5.74) is 0.851. The van der Waals surface area contributed by atoms with E-state index in [9.17, 15) is 4.79 Å². The van der Waals surface area contributed by atoms with Crippen molar-refractivity contribution < 1.29 is 9.47 Å². The van der Waals surface area contributed by atoms with Gasteiger partial charge in [-0.2, -0.15) is 0 Å². The minimum Gasteiger partial charge on any atom is -0.493 e. The lowest BCUT2D eigenvalue weighted by Crippen LogP contribution is -2.16. The molecule has 1 N–H and O–H groups in total. The van der Waals surface area contributed by atoms with Crippen molar-refractivity contribution in [1.82, 2.24) is 9.55 Å². The maximum atomic E-state index is 11.4. The Morgan fingerprint density at radius 1 is 1.24 bits per heavy atom. The minimum atomic E-state index is -0.125. The van der Waals surface area contributed by atoms with Crippen LogP contribution in [0.15, 0.2) is 35.4 Å². The number of nitrogens with one attached hydrogen (secondary N) is 1. The van der Waals surface area contributed by atoms with E-state index in [1.165, 1.54) is 0 Å². The van der Waals surface area contributed by atoms with Gasteiger partial charge in [0.2, 0.25) is 0 Å². The number of nitrogens with zero attached hydrogens (tertiary/aromatic N) is 1. The first-order chi connectivity index (χ1) is 8.24. The molecule has 17 heavy (non-hydrogen) atoms. The maximum absolute atomic E-state index is 11.4. The number of ether oxygens (including phenoxy) is 2. The van der Waals surface area contributed by atoms with Crippen LogP contribution >= 0.6 is 0 Å². The average Bonchev–Trinajstić information content (AvgIpc) is 2.75. The standard InChI is InChI=1S/C12H14N2O3/c1-16-10-4-3-9(7-11(10)17-2)8-14-6-5-13-12(14)15/h3-7H,8H2,1-2H3,(H,13,15). The maximum Gasteiger partial charge on any atom is 0.325 e. The van der Waals surface area contributed by atoms with Gasteiger partial charge in [0.05, 0.1) is 20.8 Å². The second kappa shape index (κ2) is 4.78. The predicted molar refractivity (Wildman–Crippen MR) is 63.7 cm³/mol. The summed E-state index contributed by atoms with van der Waals surface area (Å²) in [5.74, 6) is 1.34. The SMILES string of the molecule is COc1ccc(Cn2cc[nH]c2=O)cc1OC. The lowest BCUT2D eigenvalue weighted by molar-refractivity contribution is 0.354. The second-order valence-corrected chi connectivity index (χ2v) is 3.58. The van der Waals surface area contributed by atoms with E-state index in [0.29, 0.717) is 18.0 Å². The van der Waals surface area contributed by atoms with E-state index >= 15 is 0 Å². The second-order valence-electron chi connectivity index (χ2n) is 3.58. The molecular formula is C12H14N2O3. The third kappa shape index (κ3) is 2.33. The highest BCUT2D eigenvalue weighted by Crippen LogP contribution is 2.27. The first-order valence-corrected chi connectivity index (χ1v) is 5.19. The molecule has 2 aromatic rings. The molecule has 0 aliphatic heterocycles. The molecule has 1 aromatic carbocycles. The topological polar surface area (TPSA) is 56.2 Å². The van der Waals surface area contributed by atoms with E-state index in [2.05, 4.69) is 4.98 Å². The predicted octanol–water partition coefficient (Wildman–Crippen LogP) is 1.24. The van der Waals surface area contributed by atoms with E-state index in [0.717, 1.165) is 5.56 Å². The Hall–Kier alpha value is -2.17. The molecule has 0 atom stereocenters. The van der Waals surface area contributed by atoms with E-state index in [-0.39, 0.29) is 5.69 Å². The van der Waals surface area contributed by atoms with Crippen LogP contribution in [0.3, 0.4) is 0 Å². The number of aromatic nitrogens is 2. The minimum absolute atomic E-state index is 0.125. The summed E-state index contributed by atoms with van der Waals surface area (Å²) in [7, 11) is 3.18. The fraction of sp³-hybridized carbons (Fsp3) is 0.250. The smallest absolute Gasteiger partial charge is 0.325 e. The van der Waals surface area contributed by atoms with E-state index in [4.69, 9.17) is 9.47 Å². The Balaban J connectivity index is 2.28. The van der Waals surface area contributed by atoms with Crippen molar-refractivity contribution in [1.29, 1.82) is 0 Å². The molecule has 1 heterocycles. The highest BCUT2D eigenvalue weighted by molar-refractivity contribution is 5.42. The van der Waals surface area contributed by atoms with Gasteiger partial charge in [-0.1, -0.05) is 6.07 Å². The number of hydrogen-bond donors (Lipinski definition) is 1. The molecule has 0 aliphatic rings. The first-order valence-electron chi connectivity index (χ1n) is 5.19. The molecule has 0 spiro atoms. The van der Waals surface area contributed by atoms with Gasteiger partial charge in [-0.3, -0.25) is 4.57 Å². The number of imidazole rings is 1. The molecule has 0 aliphatic carbocycles. The molecule has 5 nitrogen and oxygen atoms in total. The van der Waals surface area contributed by atoms with Crippen molar-refractivity contribution in [3.63, 3.8) is 0 Å². The van der Waals surface area contributed by atoms with Crippen molar-refractivity contribution >= 4 is 0 Å². The first kappa shape index (κ1) is 11.3. The Morgan fingerprint density at radius 2 is 2.00 bits per heavy atom. The van der Waals surface area contributed by atoms with Crippen LogP contribution in [0.25, 0.3) is 0 Å². The third-order valence-electron chi connectivity index (χ3n) is 2.52. The number of rotatable bonds is 4. The summed E-state index contributed by atoms with van der Waals surface area (Å²) >= 11 is 0. The van der Waals surface area contributed by atoms with Gasteiger partial charge in [-0.15, -0.1) is 0 Å². The molecular weight excluding hydrogens is 220 g/mol. The third-order valence-corrected chi connectivity index (χ3v) is 2.52. The van der Waals surface area contributed by atoms with Gasteiger partial charge in [0.25, 0.3) is 0 Å². The molecule has 90 valence electrons. The van der Waals surface area contributed by atoms with Crippen LogP contribution in [-0.2, 0) is 6.54 Å². The molecule has 1 aromatic heterocycles. The van der Waals surface area contributed by atoms with Crippen LogP contribution in [-0.4, -0.2) is 23.8 Å². The normalized spacial score (nSPS) is 10.2. The van der Waals surface area contributed by atoms with Crippen LogP contribution in [0, 0.1) is 0 Å². The highest BCUT2D eigenvalue weighted by atomic mass is 16.5. The van der Waals surface area contributed by atoms with Crippen LogP contribution in [0.1, 0.15) is 5.56 Å². The van der Waals surface area contributed by atoms with Crippen molar-refractivity contribution in [2.75, 3.05) is 14.2 Å². The van der Waals surface area contributed by atoms with Gasteiger partial charge in [-0.25, -0.2) is 4.79 Å². The van der Waals surface area contributed by atoms with Gasteiger partial charge >= 0.3 is 5.69 Å². The van der Waals surface area contributed by atoms with Crippen molar-refractivity contribution in [2.24, 2.45) is 0 Å². The molecule has 0 fully saturated rings. The van der Waals surface area contributed by atoms with Gasteiger partial charge in [0.15, 0.2) is 11.5 Å². The highest BCUT2D eigenvalue weighted by Gasteiger charge is 2.05. The molecule has 0 radical (unpaired) electrons. The number of aromatic amines is 1. The lowest BCUT2D eigenvalue weighted by Gasteiger charge is -2.09. The number of benzene rings is 1. The largest absolute Gasteiger partial charge is 0.493 e. The van der Waals surface area contributed by atoms with Crippen molar-refractivity contribution in [3.05, 3.63) is 46.6 Å². The quantitative estimate of drug-likeness (QED) is 0.866. The molecule has 0 saturated carbocycles. The summed E-state index contributed by atoms with van der Waals surface area (Å²) in [5, 5.41) is 0. The monoisotopic (exact) mass is 234 g/mol. The Kier molecular flexibility index (Phi) is 3.18.